The monoisotopic (exact) mass is 228 g/mol. The fourth-order valence-electron chi connectivity index (χ4n) is 0.271. The van der Waals surface area contributed by atoms with Crippen LogP contribution in [0.2, 0.25) is 0 Å². The number of rotatable bonds is 3. The van der Waals surface area contributed by atoms with E-state index >= 15 is 0 Å². The molecule has 0 aliphatic rings. The van der Waals surface area contributed by atoms with E-state index in [0.717, 1.165) is 0 Å². The van der Waals surface area contributed by atoms with Crippen LogP contribution in [0.25, 0.3) is 0 Å². The Morgan fingerprint density at radius 1 is 1.73 bits per heavy atom. The zero-order chi connectivity index (χ0) is 9.07. The number of alkyl halides is 3. The van der Waals surface area contributed by atoms with Gasteiger partial charge in [0.25, 0.3) is 0 Å². The lowest BCUT2D eigenvalue weighted by molar-refractivity contribution is -0.143. The number of hydrogen-bond donors (Lipinski definition) is 0. The third kappa shape index (κ3) is 5.97. The summed E-state index contributed by atoms with van der Waals surface area (Å²) in [7, 11) is 0. The third-order valence-electron chi connectivity index (χ3n) is 0.715. The standard InChI is InChI=1S/C6H7BrF2O2/c1-4(2)5(10)11-3-6(7,8)9/h1,3H2,2H3. The molecule has 0 aliphatic heterocycles. The lowest BCUT2D eigenvalue weighted by Crippen LogP contribution is -2.18. The molecule has 0 rings (SSSR count). The molecule has 0 N–H and O–H groups in total. The van der Waals surface area contributed by atoms with Gasteiger partial charge in [-0.2, -0.15) is 8.78 Å². The molecule has 0 bridgehead atoms. The summed E-state index contributed by atoms with van der Waals surface area (Å²) in [5.74, 6) is -0.816. The molecule has 0 amide bonds. The van der Waals surface area contributed by atoms with E-state index in [2.05, 4.69) is 11.3 Å². The van der Waals surface area contributed by atoms with Crippen molar-refractivity contribution in [3.8, 4) is 0 Å². The summed E-state index contributed by atoms with van der Waals surface area (Å²) < 4.78 is 28.0. The Balaban J connectivity index is 3.73. The van der Waals surface area contributed by atoms with Gasteiger partial charge in [0.15, 0.2) is 6.61 Å². The molecule has 0 aliphatic carbocycles. The lowest BCUT2D eigenvalue weighted by Gasteiger charge is -2.08. The van der Waals surface area contributed by atoms with E-state index in [1.54, 1.807) is 0 Å². The summed E-state index contributed by atoms with van der Waals surface area (Å²) in [5.41, 5.74) is 0.0988. The fraction of sp³-hybridized carbons (Fsp3) is 0.500. The first-order valence-electron chi connectivity index (χ1n) is 2.72. The number of carbonyl (C=O) groups is 1. The molecule has 0 aromatic heterocycles. The molecule has 64 valence electrons. The highest BCUT2D eigenvalue weighted by Crippen LogP contribution is 2.21. The minimum absolute atomic E-state index is 0.0988. The second-order valence-corrected chi connectivity index (χ2v) is 3.13. The van der Waals surface area contributed by atoms with Crippen LogP contribution in [0, 0.1) is 0 Å². The molecule has 0 saturated heterocycles. The summed E-state index contributed by atoms with van der Waals surface area (Å²) in [4.78, 5) is 7.36. The van der Waals surface area contributed by atoms with Crippen LogP contribution >= 0.6 is 15.9 Å². The molecular weight excluding hydrogens is 222 g/mol. The minimum Gasteiger partial charge on any atom is -0.455 e. The largest absolute Gasteiger partial charge is 0.455 e. The van der Waals surface area contributed by atoms with E-state index in [4.69, 9.17) is 0 Å². The molecule has 0 fully saturated rings. The number of hydrogen-bond acceptors (Lipinski definition) is 2. The van der Waals surface area contributed by atoms with Crippen molar-refractivity contribution in [2.75, 3.05) is 6.61 Å². The van der Waals surface area contributed by atoms with Gasteiger partial charge in [0.1, 0.15) is 0 Å². The molecule has 2 nitrogen and oxygen atoms in total. The van der Waals surface area contributed by atoms with E-state index < -0.39 is 17.4 Å². The van der Waals surface area contributed by atoms with E-state index in [0.29, 0.717) is 0 Å². The Hall–Kier alpha value is -0.450. The number of halogens is 3. The van der Waals surface area contributed by atoms with Crippen molar-refractivity contribution in [2.45, 2.75) is 11.8 Å². The number of carbonyl (C=O) groups excluding carboxylic acids is 1. The number of ether oxygens (including phenoxy) is 1. The van der Waals surface area contributed by atoms with Gasteiger partial charge in [0, 0.05) is 5.57 Å². The van der Waals surface area contributed by atoms with Gasteiger partial charge in [-0.25, -0.2) is 4.79 Å². The molecule has 11 heavy (non-hydrogen) atoms. The van der Waals surface area contributed by atoms with Crippen molar-refractivity contribution in [3.63, 3.8) is 0 Å². The van der Waals surface area contributed by atoms with Crippen molar-refractivity contribution in [2.24, 2.45) is 0 Å². The van der Waals surface area contributed by atoms with Crippen molar-refractivity contribution in [1.29, 1.82) is 0 Å². The summed E-state index contributed by atoms with van der Waals surface area (Å²) in [6, 6.07) is 0. The first-order valence-corrected chi connectivity index (χ1v) is 3.51. The first-order chi connectivity index (χ1) is 4.83. The van der Waals surface area contributed by atoms with E-state index in [1.807, 2.05) is 15.9 Å². The van der Waals surface area contributed by atoms with Crippen molar-refractivity contribution >= 4 is 21.9 Å². The van der Waals surface area contributed by atoms with Crippen molar-refractivity contribution < 1.29 is 18.3 Å². The molecule has 0 heterocycles. The van der Waals surface area contributed by atoms with Gasteiger partial charge in [-0.15, -0.1) is 0 Å². The maximum Gasteiger partial charge on any atom is 0.334 e. The zero-order valence-corrected chi connectivity index (χ0v) is 7.45. The Bertz CT molecular complexity index is 174. The molecule has 0 saturated carbocycles. The second kappa shape index (κ2) is 3.80. The average molecular weight is 229 g/mol. The highest BCUT2D eigenvalue weighted by Gasteiger charge is 2.26. The first kappa shape index (κ1) is 10.6. The second-order valence-electron chi connectivity index (χ2n) is 1.97. The predicted molar refractivity (Wildman–Crippen MR) is 39.6 cm³/mol. The van der Waals surface area contributed by atoms with E-state index in [-0.39, 0.29) is 5.57 Å². The van der Waals surface area contributed by atoms with Crippen LogP contribution in [0.3, 0.4) is 0 Å². The highest BCUT2D eigenvalue weighted by molar-refractivity contribution is 9.10. The molecule has 0 aromatic rings. The molecular formula is C6H7BrF2O2. The summed E-state index contributed by atoms with van der Waals surface area (Å²) in [6.07, 6.45) is 0. The molecule has 0 atom stereocenters. The molecule has 0 spiro atoms. The van der Waals surface area contributed by atoms with Gasteiger partial charge in [-0.1, -0.05) is 6.58 Å². The minimum atomic E-state index is -3.15. The van der Waals surface area contributed by atoms with Gasteiger partial charge in [0.05, 0.1) is 0 Å². The van der Waals surface area contributed by atoms with Gasteiger partial charge >= 0.3 is 10.8 Å². The normalized spacial score (nSPS) is 10.9. The molecule has 0 radical (unpaired) electrons. The Morgan fingerprint density at radius 3 is 2.45 bits per heavy atom. The van der Waals surface area contributed by atoms with Crippen molar-refractivity contribution in [1.82, 2.24) is 0 Å². The Morgan fingerprint density at radius 2 is 2.18 bits per heavy atom. The van der Waals surface area contributed by atoms with Gasteiger partial charge < -0.3 is 4.74 Å². The highest BCUT2D eigenvalue weighted by atomic mass is 79.9. The van der Waals surface area contributed by atoms with Crippen LogP contribution in [0.4, 0.5) is 8.78 Å². The van der Waals surface area contributed by atoms with E-state index in [9.17, 15) is 13.6 Å². The van der Waals surface area contributed by atoms with Crippen LogP contribution in [0.1, 0.15) is 6.92 Å². The zero-order valence-electron chi connectivity index (χ0n) is 5.86. The SMILES string of the molecule is C=C(C)C(=O)OCC(F)(F)Br. The van der Waals surface area contributed by atoms with Crippen LogP contribution in [-0.2, 0) is 9.53 Å². The average Bonchev–Trinajstić information content (AvgIpc) is 1.80. The molecule has 0 aromatic carbocycles. The Labute approximate surface area is 71.3 Å². The summed E-state index contributed by atoms with van der Waals surface area (Å²) in [5, 5.41) is 0. The van der Waals surface area contributed by atoms with Gasteiger partial charge in [0.2, 0.25) is 0 Å². The Kier molecular flexibility index (Phi) is 3.65. The molecule has 0 unspecified atom stereocenters. The van der Waals surface area contributed by atoms with Crippen molar-refractivity contribution in [3.05, 3.63) is 12.2 Å². The smallest absolute Gasteiger partial charge is 0.334 e. The number of esters is 1. The summed E-state index contributed by atoms with van der Waals surface area (Å²) >= 11 is 2.02. The van der Waals surface area contributed by atoms with Crippen LogP contribution in [0.15, 0.2) is 12.2 Å². The maximum absolute atomic E-state index is 12.0. The quantitative estimate of drug-likeness (QED) is 0.420. The van der Waals surface area contributed by atoms with Gasteiger partial charge in [-0.3, -0.25) is 0 Å². The topological polar surface area (TPSA) is 26.3 Å². The predicted octanol–water partition coefficient (Wildman–Crippen LogP) is 2.09. The van der Waals surface area contributed by atoms with Crippen LogP contribution in [0.5, 0.6) is 0 Å². The summed E-state index contributed by atoms with van der Waals surface area (Å²) in [6.45, 7) is 3.63. The third-order valence-corrected chi connectivity index (χ3v) is 0.944. The van der Waals surface area contributed by atoms with Crippen LogP contribution in [-0.4, -0.2) is 17.4 Å². The van der Waals surface area contributed by atoms with Gasteiger partial charge in [-0.05, 0) is 22.9 Å². The van der Waals surface area contributed by atoms with Crippen LogP contribution < -0.4 is 0 Å². The maximum atomic E-state index is 12.0. The fourth-order valence-corrected chi connectivity index (χ4v) is 0.385. The van der Waals surface area contributed by atoms with E-state index in [1.165, 1.54) is 6.92 Å². The lowest BCUT2D eigenvalue weighted by atomic mass is 10.4. The molecule has 5 heteroatoms.